The van der Waals surface area contributed by atoms with Crippen molar-refractivity contribution in [3.05, 3.63) is 41.7 Å². The van der Waals surface area contributed by atoms with Crippen LogP contribution in [0.3, 0.4) is 0 Å². The fraction of sp³-hybridized carbons (Fsp3) is 0.500. The molecular formula is C20H28N4O2S. The molecule has 2 heterocycles. The lowest BCUT2D eigenvalue weighted by Crippen LogP contribution is -2.56. The molecule has 0 aliphatic carbocycles. The van der Waals surface area contributed by atoms with Crippen LogP contribution < -0.4 is 9.80 Å². The Hall–Kier alpha value is -2.15. The molecule has 1 aromatic heterocycles. The highest BCUT2D eigenvalue weighted by atomic mass is 32.2. The average molecular weight is 389 g/mol. The molecule has 3 rings (SSSR count). The first-order valence-corrected chi connectivity index (χ1v) is 11.2. The van der Waals surface area contributed by atoms with Crippen LogP contribution in [0.4, 0.5) is 11.6 Å². The summed E-state index contributed by atoms with van der Waals surface area (Å²) in [6.45, 7) is 10.8. The third-order valence-electron chi connectivity index (χ3n) is 5.03. The van der Waals surface area contributed by atoms with E-state index >= 15 is 0 Å². The summed E-state index contributed by atoms with van der Waals surface area (Å²) in [7, 11) is -3.21. The van der Waals surface area contributed by atoms with E-state index in [4.69, 9.17) is 0 Å². The molecule has 2 aromatic rings. The number of sulfone groups is 1. The number of benzene rings is 1. The Bertz CT molecular complexity index is 907. The van der Waals surface area contributed by atoms with E-state index in [1.165, 1.54) is 6.26 Å². The Morgan fingerprint density at radius 2 is 1.74 bits per heavy atom. The van der Waals surface area contributed by atoms with Gasteiger partial charge >= 0.3 is 0 Å². The van der Waals surface area contributed by atoms with Gasteiger partial charge in [-0.15, -0.1) is 0 Å². The molecule has 1 atom stereocenters. The topological polar surface area (TPSA) is 66.4 Å². The van der Waals surface area contributed by atoms with Crippen molar-refractivity contribution in [1.29, 1.82) is 0 Å². The molecule has 27 heavy (non-hydrogen) atoms. The van der Waals surface area contributed by atoms with Gasteiger partial charge in [-0.05, 0) is 44.0 Å². The first-order chi connectivity index (χ1) is 12.6. The molecule has 1 unspecified atom stereocenters. The maximum atomic E-state index is 11.9. The third kappa shape index (κ3) is 4.40. The van der Waals surface area contributed by atoms with Crippen molar-refractivity contribution in [2.75, 3.05) is 35.7 Å². The number of hydrogen-bond donors (Lipinski definition) is 0. The molecule has 1 fully saturated rings. The van der Waals surface area contributed by atoms with E-state index in [1.807, 2.05) is 32.0 Å². The normalized spacial score (nSPS) is 18.2. The van der Waals surface area contributed by atoms with Crippen LogP contribution in [0.25, 0.3) is 0 Å². The number of aromatic nitrogens is 2. The van der Waals surface area contributed by atoms with Gasteiger partial charge in [0, 0.05) is 43.0 Å². The fourth-order valence-corrected chi connectivity index (χ4v) is 4.27. The smallest absolute Gasteiger partial charge is 0.226 e. The minimum atomic E-state index is -3.21. The van der Waals surface area contributed by atoms with Crippen LogP contribution in [0.5, 0.6) is 0 Å². The lowest BCUT2D eigenvalue weighted by atomic mass is 9.99. The number of hydrogen-bond acceptors (Lipinski definition) is 6. The van der Waals surface area contributed by atoms with Crippen molar-refractivity contribution in [3.8, 4) is 0 Å². The summed E-state index contributed by atoms with van der Waals surface area (Å²) in [6, 6.07) is 9.46. The van der Waals surface area contributed by atoms with Crippen molar-refractivity contribution in [3.63, 3.8) is 0 Å². The highest BCUT2D eigenvalue weighted by Gasteiger charge is 2.31. The average Bonchev–Trinajstić information content (AvgIpc) is 2.59. The summed E-state index contributed by atoms with van der Waals surface area (Å²) in [5.41, 5.74) is 2.90. The van der Waals surface area contributed by atoms with Gasteiger partial charge in [0.15, 0.2) is 9.84 Å². The highest BCUT2D eigenvalue weighted by molar-refractivity contribution is 7.90. The molecule has 1 aliphatic heterocycles. The molecule has 7 heteroatoms. The minimum absolute atomic E-state index is 0.252. The van der Waals surface area contributed by atoms with E-state index in [-0.39, 0.29) is 6.04 Å². The van der Waals surface area contributed by atoms with Gasteiger partial charge in [-0.25, -0.2) is 18.4 Å². The second-order valence-corrected chi connectivity index (χ2v) is 9.69. The Morgan fingerprint density at radius 1 is 1.07 bits per heavy atom. The number of aryl methyl sites for hydroxylation is 2. The number of anilines is 2. The van der Waals surface area contributed by atoms with Crippen LogP contribution in [-0.4, -0.2) is 50.3 Å². The Balaban J connectivity index is 1.88. The van der Waals surface area contributed by atoms with Crippen molar-refractivity contribution < 1.29 is 8.42 Å². The second-order valence-electron chi connectivity index (χ2n) is 7.67. The van der Waals surface area contributed by atoms with Gasteiger partial charge in [-0.3, -0.25) is 0 Å². The third-order valence-corrected chi connectivity index (χ3v) is 6.14. The van der Waals surface area contributed by atoms with Crippen molar-refractivity contribution >= 4 is 21.5 Å². The standard InChI is InChI=1S/C20H28N4O2S/c1-14(2)19-13-23(17-7-6-8-18(12-17)27(5,25)26)9-10-24(19)20-21-15(3)11-16(4)22-20/h6-8,11-12,14,19H,9-10,13H2,1-5H3. The monoisotopic (exact) mass is 388 g/mol. The molecule has 146 valence electrons. The van der Waals surface area contributed by atoms with Gasteiger partial charge < -0.3 is 9.80 Å². The summed E-state index contributed by atoms with van der Waals surface area (Å²) in [5, 5.41) is 0. The van der Waals surface area contributed by atoms with Crippen LogP contribution in [0.2, 0.25) is 0 Å². The Kier molecular flexibility index (Phi) is 5.42. The molecule has 0 saturated carbocycles. The number of nitrogens with zero attached hydrogens (tertiary/aromatic N) is 4. The van der Waals surface area contributed by atoms with Crippen molar-refractivity contribution in [2.45, 2.75) is 38.6 Å². The predicted octanol–water partition coefficient (Wildman–Crippen LogP) is 2.85. The maximum Gasteiger partial charge on any atom is 0.226 e. The second kappa shape index (κ2) is 7.46. The quantitative estimate of drug-likeness (QED) is 0.802. The lowest BCUT2D eigenvalue weighted by Gasteiger charge is -2.44. The van der Waals surface area contributed by atoms with E-state index in [9.17, 15) is 8.42 Å². The van der Waals surface area contributed by atoms with Gasteiger partial charge in [0.05, 0.1) is 10.9 Å². The molecule has 0 amide bonds. The van der Waals surface area contributed by atoms with Gasteiger partial charge in [-0.2, -0.15) is 0 Å². The van der Waals surface area contributed by atoms with Crippen LogP contribution in [0.15, 0.2) is 35.2 Å². The molecular weight excluding hydrogens is 360 g/mol. The maximum absolute atomic E-state index is 11.9. The minimum Gasteiger partial charge on any atom is -0.368 e. The summed E-state index contributed by atoms with van der Waals surface area (Å²) in [6.07, 6.45) is 1.25. The SMILES string of the molecule is Cc1cc(C)nc(N2CCN(c3cccc(S(C)(=O)=O)c3)CC2C(C)C)n1. The Morgan fingerprint density at radius 3 is 2.33 bits per heavy atom. The molecule has 0 radical (unpaired) electrons. The van der Waals surface area contributed by atoms with E-state index in [0.717, 1.165) is 42.7 Å². The van der Waals surface area contributed by atoms with Gasteiger partial charge in [0.25, 0.3) is 0 Å². The van der Waals surface area contributed by atoms with E-state index in [0.29, 0.717) is 10.8 Å². The molecule has 1 aliphatic rings. The summed E-state index contributed by atoms with van der Waals surface area (Å²) in [5.74, 6) is 1.20. The van der Waals surface area contributed by atoms with E-state index < -0.39 is 9.84 Å². The largest absolute Gasteiger partial charge is 0.368 e. The zero-order chi connectivity index (χ0) is 19.8. The first-order valence-electron chi connectivity index (χ1n) is 9.29. The van der Waals surface area contributed by atoms with Gasteiger partial charge in [0.1, 0.15) is 0 Å². The highest BCUT2D eigenvalue weighted by Crippen LogP contribution is 2.27. The summed E-state index contributed by atoms with van der Waals surface area (Å²) in [4.78, 5) is 14.2. The molecule has 1 aromatic carbocycles. The molecule has 0 bridgehead atoms. The van der Waals surface area contributed by atoms with Crippen LogP contribution >= 0.6 is 0 Å². The lowest BCUT2D eigenvalue weighted by molar-refractivity contribution is 0.413. The molecule has 1 saturated heterocycles. The van der Waals surface area contributed by atoms with E-state index in [2.05, 4.69) is 33.6 Å². The molecule has 0 N–H and O–H groups in total. The van der Waals surface area contributed by atoms with Crippen LogP contribution in [0.1, 0.15) is 25.2 Å². The molecule has 6 nitrogen and oxygen atoms in total. The number of piperazine rings is 1. The van der Waals surface area contributed by atoms with E-state index in [1.54, 1.807) is 12.1 Å². The van der Waals surface area contributed by atoms with Crippen LogP contribution in [-0.2, 0) is 9.84 Å². The fourth-order valence-electron chi connectivity index (χ4n) is 3.61. The first kappa shape index (κ1) is 19.6. The predicted molar refractivity (Wildman–Crippen MR) is 109 cm³/mol. The number of rotatable bonds is 4. The van der Waals surface area contributed by atoms with Gasteiger partial charge in [-0.1, -0.05) is 19.9 Å². The zero-order valence-corrected chi connectivity index (χ0v) is 17.5. The summed E-state index contributed by atoms with van der Waals surface area (Å²) >= 11 is 0. The zero-order valence-electron chi connectivity index (χ0n) is 16.7. The van der Waals surface area contributed by atoms with Crippen molar-refractivity contribution in [1.82, 2.24) is 9.97 Å². The van der Waals surface area contributed by atoms with Crippen molar-refractivity contribution in [2.24, 2.45) is 5.92 Å². The summed E-state index contributed by atoms with van der Waals surface area (Å²) < 4.78 is 23.8. The van der Waals surface area contributed by atoms with Gasteiger partial charge in [0.2, 0.25) is 5.95 Å². The van der Waals surface area contributed by atoms with Crippen LogP contribution in [0, 0.1) is 19.8 Å². The Labute approximate surface area is 162 Å². The molecule has 0 spiro atoms.